The monoisotopic (exact) mass is 338 g/mol. The van der Waals surface area contributed by atoms with E-state index in [0.29, 0.717) is 6.54 Å². The van der Waals surface area contributed by atoms with Crippen LogP contribution < -0.4 is 0 Å². The Labute approximate surface area is 125 Å². The molecule has 0 spiro atoms. The number of halogens is 1. The first kappa shape index (κ1) is 14.2. The van der Waals surface area contributed by atoms with Crippen molar-refractivity contribution in [3.63, 3.8) is 0 Å². The highest BCUT2D eigenvalue weighted by molar-refractivity contribution is 9.10. The summed E-state index contributed by atoms with van der Waals surface area (Å²) < 4.78 is 0.959. The van der Waals surface area contributed by atoms with Crippen LogP contribution in [0, 0.1) is 13.8 Å². The summed E-state index contributed by atoms with van der Waals surface area (Å²) in [6, 6.07) is 5.69. The van der Waals surface area contributed by atoms with Crippen LogP contribution in [0.2, 0.25) is 0 Å². The van der Waals surface area contributed by atoms with Crippen molar-refractivity contribution in [2.75, 3.05) is 7.05 Å². The van der Waals surface area contributed by atoms with Crippen molar-refractivity contribution >= 4 is 33.2 Å². The quantitative estimate of drug-likeness (QED) is 0.852. The van der Waals surface area contributed by atoms with Gasteiger partial charge in [-0.05, 0) is 31.5 Å². The van der Waals surface area contributed by atoms with E-state index in [1.807, 2.05) is 44.6 Å². The second-order valence-corrected chi connectivity index (χ2v) is 6.23. The topological polar surface area (TPSA) is 33.2 Å². The minimum Gasteiger partial charge on any atom is -0.336 e. The molecule has 1 aromatic carbocycles. The lowest BCUT2D eigenvalue weighted by molar-refractivity contribution is 0.0785. The lowest BCUT2D eigenvalue weighted by atomic mass is 10.1. The number of benzene rings is 1. The summed E-state index contributed by atoms with van der Waals surface area (Å²) in [5.41, 5.74) is 4.52. The molecule has 100 valence electrons. The number of nitrogens with zero attached hydrogens (tertiary/aromatic N) is 2. The highest BCUT2D eigenvalue weighted by Gasteiger charge is 2.16. The third-order valence-corrected chi connectivity index (χ3v) is 4.85. The van der Waals surface area contributed by atoms with Crippen molar-refractivity contribution in [1.82, 2.24) is 9.88 Å². The van der Waals surface area contributed by atoms with E-state index in [-0.39, 0.29) is 5.91 Å². The zero-order valence-electron chi connectivity index (χ0n) is 11.1. The first-order chi connectivity index (χ1) is 9.00. The highest BCUT2D eigenvalue weighted by Crippen LogP contribution is 2.22. The number of hydrogen-bond acceptors (Lipinski definition) is 3. The predicted molar refractivity (Wildman–Crippen MR) is 81.5 cm³/mol. The molecular weight excluding hydrogens is 324 g/mol. The zero-order chi connectivity index (χ0) is 14.0. The van der Waals surface area contributed by atoms with Crippen LogP contribution in [0.1, 0.15) is 26.5 Å². The number of carbonyl (C=O) groups is 1. The average molecular weight is 339 g/mol. The Morgan fingerprint density at radius 2 is 2.16 bits per heavy atom. The van der Waals surface area contributed by atoms with E-state index in [4.69, 9.17) is 0 Å². The fourth-order valence-corrected chi connectivity index (χ4v) is 3.01. The van der Waals surface area contributed by atoms with E-state index in [0.717, 1.165) is 26.2 Å². The van der Waals surface area contributed by atoms with Gasteiger partial charge in [-0.15, -0.1) is 11.3 Å². The molecule has 0 saturated carbocycles. The van der Waals surface area contributed by atoms with E-state index in [9.17, 15) is 4.79 Å². The van der Waals surface area contributed by atoms with E-state index >= 15 is 0 Å². The average Bonchev–Trinajstić information content (AvgIpc) is 2.77. The summed E-state index contributed by atoms with van der Waals surface area (Å²) in [5.74, 6) is 0.0339. The van der Waals surface area contributed by atoms with Gasteiger partial charge in [0.25, 0.3) is 5.91 Å². The molecule has 0 aliphatic carbocycles. The molecule has 19 heavy (non-hydrogen) atoms. The number of amides is 1. The maximum atomic E-state index is 12.4. The van der Waals surface area contributed by atoms with Gasteiger partial charge in [-0.2, -0.15) is 0 Å². The zero-order valence-corrected chi connectivity index (χ0v) is 13.5. The van der Waals surface area contributed by atoms with Crippen molar-refractivity contribution in [1.29, 1.82) is 0 Å². The highest BCUT2D eigenvalue weighted by atomic mass is 79.9. The molecule has 0 aliphatic rings. The van der Waals surface area contributed by atoms with Crippen LogP contribution in [0.15, 0.2) is 28.2 Å². The maximum Gasteiger partial charge on any atom is 0.254 e. The molecule has 5 heteroatoms. The van der Waals surface area contributed by atoms with Gasteiger partial charge >= 0.3 is 0 Å². The number of thiazole rings is 1. The van der Waals surface area contributed by atoms with Crippen LogP contribution in [-0.2, 0) is 6.54 Å². The SMILES string of the molecule is Cc1ncsc1CN(C)C(=O)c1cccc(Br)c1C. The Morgan fingerprint density at radius 1 is 1.42 bits per heavy atom. The minimum atomic E-state index is 0.0339. The van der Waals surface area contributed by atoms with Gasteiger partial charge in [0.05, 0.1) is 17.7 Å². The maximum absolute atomic E-state index is 12.4. The van der Waals surface area contributed by atoms with Gasteiger partial charge in [-0.1, -0.05) is 22.0 Å². The summed E-state index contributed by atoms with van der Waals surface area (Å²) in [6.07, 6.45) is 0. The Kier molecular flexibility index (Phi) is 4.37. The standard InChI is InChI=1S/C14H15BrN2OS/c1-9-11(5-4-6-12(9)15)14(18)17(3)7-13-10(2)16-8-19-13/h4-6,8H,7H2,1-3H3. The molecule has 0 fully saturated rings. The van der Waals surface area contributed by atoms with E-state index < -0.39 is 0 Å². The molecule has 0 radical (unpaired) electrons. The third kappa shape index (κ3) is 3.04. The summed E-state index contributed by atoms with van der Waals surface area (Å²) in [4.78, 5) is 19.5. The summed E-state index contributed by atoms with van der Waals surface area (Å²) in [6.45, 7) is 4.51. The summed E-state index contributed by atoms with van der Waals surface area (Å²) in [5, 5.41) is 0. The van der Waals surface area contributed by atoms with Gasteiger partial charge in [0.2, 0.25) is 0 Å². The number of aromatic nitrogens is 1. The van der Waals surface area contributed by atoms with Crippen LogP contribution in [-0.4, -0.2) is 22.8 Å². The van der Waals surface area contributed by atoms with Crippen LogP contribution in [0.4, 0.5) is 0 Å². The third-order valence-electron chi connectivity index (χ3n) is 3.07. The van der Waals surface area contributed by atoms with Crippen molar-refractivity contribution in [3.05, 3.63) is 49.9 Å². The summed E-state index contributed by atoms with van der Waals surface area (Å²) >= 11 is 5.04. The molecule has 1 aromatic heterocycles. The van der Waals surface area contributed by atoms with Crippen molar-refractivity contribution in [2.45, 2.75) is 20.4 Å². The molecule has 0 atom stereocenters. The van der Waals surface area contributed by atoms with E-state index in [1.165, 1.54) is 0 Å². The second-order valence-electron chi connectivity index (χ2n) is 4.43. The molecule has 2 aromatic rings. The molecule has 3 nitrogen and oxygen atoms in total. The molecule has 1 heterocycles. The van der Waals surface area contributed by atoms with Gasteiger partial charge in [-0.3, -0.25) is 4.79 Å². The van der Waals surface area contributed by atoms with Crippen LogP contribution in [0.5, 0.6) is 0 Å². The molecule has 1 amide bonds. The Hall–Kier alpha value is -1.20. The minimum absolute atomic E-state index is 0.0339. The molecular formula is C14H15BrN2OS. The first-order valence-corrected chi connectivity index (χ1v) is 7.57. The molecule has 0 saturated heterocycles. The lowest BCUT2D eigenvalue weighted by Gasteiger charge is -2.18. The first-order valence-electron chi connectivity index (χ1n) is 5.90. The van der Waals surface area contributed by atoms with Crippen LogP contribution in [0.25, 0.3) is 0 Å². The predicted octanol–water partition coefficient (Wildman–Crippen LogP) is 3.79. The largest absolute Gasteiger partial charge is 0.336 e. The van der Waals surface area contributed by atoms with Crippen LogP contribution in [0.3, 0.4) is 0 Å². The van der Waals surface area contributed by atoms with Gasteiger partial charge in [-0.25, -0.2) is 4.98 Å². The van der Waals surface area contributed by atoms with Gasteiger partial charge in [0, 0.05) is 22.0 Å². The van der Waals surface area contributed by atoms with Crippen molar-refractivity contribution in [2.24, 2.45) is 0 Å². The Bertz CT molecular complexity index is 609. The number of carbonyl (C=O) groups excluding carboxylic acids is 1. The lowest BCUT2D eigenvalue weighted by Crippen LogP contribution is -2.26. The fourth-order valence-electron chi connectivity index (χ4n) is 1.81. The Balaban J connectivity index is 2.20. The molecule has 0 unspecified atom stereocenters. The van der Waals surface area contributed by atoms with E-state index in [2.05, 4.69) is 20.9 Å². The molecule has 0 aliphatic heterocycles. The van der Waals surface area contributed by atoms with Gasteiger partial charge < -0.3 is 4.90 Å². The van der Waals surface area contributed by atoms with E-state index in [1.54, 1.807) is 16.2 Å². The summed E-state index contributed by atoms with van der Waals surface area (Å²) in [7, 11) is 1.82. The number of rotatable bonds is 3. The molecule has 0 bridgehead atoms. The number of aryl methyl sites for hydroxylation is 1. The van der Waals surface area contributed by atoms with Crippen molar-refractivity contribution < 1.29 is 4.79 Å². The van der Waals surface area contributed by atoms with Gasteiger partial charge in [0.15, 0.2) is 0 Å². The van der Waals surface area contributed by atoms with Crippen LogP contribution >= 0.6 is 27.3 Å². The fraction of sp³-hybridized carbons (Fsp3) is 0.286. The normalized spacial score (nSPS) is 10.5. The smallest absolute Gasteiger partial charge is 0.254 e. The van der Waals surface area contributed by atoms with Crippen molar-refractivity contribution in [3.8, 4) is 0 Å². The second kappa shape index (κ2) is 5.84. The molecule has 0 N–H and O–H groups in total. The number of hydrogen-bond donors (Lipinski definition) is 0. The molecule has 2 rings (SSSR count). The van der Waals surface area contributed by atoms with Gasteiger partial charge in [0.1, 0.15) is 0 Å². The Morgan fingerprint density at radius 3 is 2.79 bits per heavy atom.